The summed E-state index contributed by atoms with van der Waals surface area (Å²) in [5.74, 6) is 0. The lowest BCUT2D eigenvalue weighted by Crippen LogP contribution is -2.10. The van der Waals surface area contributed by atoms with E-state index in [1.807, 2.05) is 6.20 Å². The van der Waals surface area contributed by atoms with Crippen LogP contribution in [-0.4, -0.2) is 4.98 Å². The van der Waals surface area contributed by atoms with Crippen molar-refractivity contribution in [1.82, 2.24) is 4.98 Å². The Hall–Kier alpha value is -3.71. The molecule has 0 unspecified atom stereocenters. The first kappa shape index (κ1) is 18.8. The van der Waals surface area contributed by atoms with E-state index in [-0.39, 0.29) is 5.41 Å². The number of hydrogen-bond donors (Lipinski definition) is 0. The van der Waals surface area contributed by atoms with Gasteiger partial charge in [-0.2, -0.15) is 0 Å². The third-order valence-corrected chi connectivity index (χ3v) is 7.16. The van der Waals surface area contributed by atoms with E-state index in [1.165, 1.54) is 64.8 Å². The fourth-order valence-corrected chi connectivity index (χ4v) is 5.98. The van der Waals surface area contributed by atoms with Crippen molar-refractivity contribution in [3.63, 3.8) is 0 Å². The number of rotatable bonds is 1. The smallest absolute Gasteiger partial charge is 0.0793 e. The first-order chi connectivity index (χ1) is 16.0. The highest BCUT2D eigenvalue weighted by Crippen LogP contribution is 2.46. The quantitative estimate of drug-likeness (QED) is 0.190. The van der Waals surface area contributed by atoms with E-state index in [0.717, 1.165) is 11.9 Å². The molecule has 7 rings (SSSR count). The molecular weight excluding hydrogens is 398 g/mol. The van der Waals surface area contributed by atoms with Gasteiger partial charge in [0.2, 0.25) is 0 Å². The van der Waals surface area contributed by atoms with Crippen LogP contribution < -0.4 is 0 Å². The summed E-state index contributed by atoms with van der Waals surface area (Å²) in [4.78, 5) is 5.01. The average molecular weight is 424 g/mol. The number of benzene rings is 6. The number of fused-ring (bicyclic) bond motifs is 7. The lowest BCUT2D eigenvalue weighted by Gasteiger charge is -2.24. The number of nitrogens with zero attached hydrogens (tertiary/aromatic N) is 1. The van der Waals surface area contributed by atoms with Crippen molar-refractivity contribution >= 4 is 64.8 Å². The molecule has 0 N–H and O–H groups in total. The fraction of sp³-hybridized carbons (Fsp3) is 0.156. The minimum Gasteiger partial charge on any atom is -0.256 e. The van der Waals surface area contributed by atoms with E-state index in [2.05, 4.69) is 99.6 Å². The Kier molecular flexibility index (Phi) is 3.66. The van der Waals surface area contributed by atoms with E-state index in [0.29, 0.717) is 0 Å². The summed E-state index contributed by atoms with van der Waals surface area (Å²) in [5, 5.41) is 14.6. The van der Waals surface area contributed by atoms with E-state index < -0.39 is 0 Å². The molecule has 0 saturated heterocycles. The highest BCUT2D eigenvalue weighted by atomic mass is 14.7. The highest BCUT2D eigenvalue weighted by molar-refractivity contribution is 6.40. The van der Waals surface area contributed by atoms with Gasteiger partial charge in [-0.25, -0.2) is 0 Å². The zero-order valence-corrected chi connectivity index (χ0v) is 19.2. The first-order valence-corrected chi connectivity index (χ1v) is 11.8. The van der Waals surface area contributed by atoms with Gasteiger partial charge in [-0.3, -0.25) is 4.98 Å². The molecule has 0 atom stereocenters. The number of aromatic nitrogens is 1. The van der Waals surface area contributed by atoms with Crippen molar-refractivity contribution in [2.75, 3.05) is 0 Å². The van der Waals surface area contributed by atoms with Crippen molar-refractivity contribution in [3.8, 4) is 0 Å². The fourth-order valence-electron chi connectivity index (χ4n) is 5.98. The predicted molar refractivity (Wildman–Crippen MR) is 144 cm³/mol. The molecule has 0 spiro atoms. The summed E-state index contributed by atoms with van der Waals surface area (Å²) in [6, 6.07) is 29.1. The molecule has 0 amide bonds. The lowest BCUT2D eigenvalue weighted by molar-refractivity contribution is 0.414. The van der Waals surface area contributed by atoms with Gasteiger partial charge in [0.25, 0.3) is 0 Å². The van der Waals surface area contributed by atoms with Gasteiger partial charge in [0.15, 0.2) is 0 Å². The predicted octanol–water partition coefficient (Wildman–Crippen LogP) is 9.03. The van der Waals surface area contributed by atoms with Crippen molar-refractivity contribution in [2.45, 2.75) is 27.2 Å². The second-order valence-electron chi connectivity index (χ2n) is 10.6. The van der Waals surface area contributed by atoms with Gasteiger partial charge >= 0.3 is 0 Å². The molecule has 0 aliphatic carbocycles. The first-order valence-electron chi connectivity index (χ1n) is 11.8. The lowest BCUT2D eigenvalue weighted by atomic mass is 9.80. The summed E-state index contributed by atoms with van der Waals surface area (Å²) in [7, 11) is 0. The molecule has 6 aromatic carbocycles. The van der Waals surface area contributed by atoms with Crippen LogP contribution in [0.5, 0.6) is 0 Å². The molecule has 1 nitrogen and oxygen atoms in total. The van der Waals surface area contributed by atoms with E-state index in [9.17, 15) is 0 Å². The highest BCUT2D eigenvalue weighted by Gasteiger charge is 2.22. The summed E-state index contributed by atoms with van der Waals surface area (Å²) < 4.78 is 0. The van der Waals surface area contributed by atoms with Crippen LogP contribution >= 0.6 is 0 Å². The molecule has 1 aromatic heterocycles. The van der Waals surface area contributed by atoms with Gasteiger partial charge < -0.3 is 0 Å². The maximum absolute atomic E-state index is 5.01. The van der Waals surface area contributed by atoms with Crippen molar-refractivity contribution < 1.29 is 0 Å². The summed E-state index contributed by atoms with van der Waals surface area (Å²) >= 11 is 0. The van der Waals surface area contributed by atoms with Crippen LogP contribution in [0.25, 0.3) is 64.8 Å². The zero-order valence-electron chi connectivity index (χ0n) is 19.2. The van der Waals surface area contributed by atoms with Gasteiger partial charge in [0, 0.05) is 22.4 Å². The topological polar surface area (TPSA) is 12.9 Å². The van der Waals surface area contributed by atoms with Crippen molar-refractivity contribution in [3.05, 3.63) is 90.6 Å². The second kappa shape index (κ2) is 6.42. The molecule has 0 radical (unpaired) electrons. The van der Waals surface area contributed by atoms with Gasteiger partial charge in [-0.1, -0.05) is 87.5 Å². The molecule has 33 heavy (non-hydrogen) atoms. The monoisotopic (exact) mass is 423 g/mol. The van der Waals surface area contributed by atoms with Gasteiger partial charge in [0.1, 0.15) is 0 Å². The normalized spacial score (nSPS) is 12.8. The molecule has 0 aliphatic rings. The largest absolute Gasteiger partial charge is 0.256 e. The van der Waals surface area contributed by atoms with Gasteiger partial charge in [-0.15, -0.1) is 0 Å². The molecule has 158 valence electrons. The molecule has 7 aromatic rings. The van der Waals surface area contributed by atoms with Crippen LogP contribution in [0.1, 0.15) is 26.3 Å². The van der Waals surface area contributed by atoms with Crippen molar-refractivity contribution in [1.29, 1.82) is 0 Å². The molecule has 0 saturated carbocycles. The minimum atomic E-state index is 0.175. The SMILES string of the molecule is CC(C)(C)Cc1c2ccccc2cc2c3nccc4c5ccccc5c5cccc(c12)c5c43. The molecule has 0 bridgehead atoms. The number of hydrogen-bond acceptors (Lipinski definition) is 1. The van der Waals surface area contributed by atoms with Crippen LogP contribution in [0.3, 0.4) is 0 Å². The molecule has 0 fully saturated rings. The van der Waals surface area contributed by atoms with Crippen LogP contribution in [0.2, 0.25) is 0 Å². The van der Waals surface area contributed by atoms with E-state index >= 15 is 0 Å². The number of pyridine rings is 1. The van der Waals surface area contributed by atoms with E-state index in [4.69, 9.17) is 4.98 Å². The summed E-state index contributed by atoms with van der Waals surface area (Å²) in [6.45, 7) is 7.01. The van der Waals surface area contributed by atoms with Crippen LogP contribution in [0.4, 0.5) is 0 Å². The van der Waals surface area contributed by atoms with Crippen LogP contribution in [-0.2, 0) is 6.42 Å². The Balaban J connectivity index is 1.86. The van der Waals surface area contributed by atoms with Gasteiger partial charge in [0.05, 0.1) is 5.52 Å². The second-order valence-corrected chi connectivity index (χ2v) is 10.6. The maximum atomic E-state index is 5.01. The zero-order chi connectivity index (χ0) is 22.3. The van der Waals surface area contributed by atoms with Crippen LogP contribution in [0.15, 0.2) is 85.1 Å². The summed E-state index contributed by atoms with van der Waals surface area (Å²) in [6.07, 6.45) is 3.01. The molecule has 1 heteroatoms. The Morgan fingerprint density at radius 2 is 1.21 bits per heavy atom. The minimum absolute atomic E-state index is 0.175. The summed E-state index contributed by atoms with van der Waals surface area (Å²) in [5.41, 5.74) is 2.74. The van der Waals surface area contributed by atoms with E-state index in [1.54, 1.807) is 0 Å². The third-order valence-electron chi connectivity index (χ3n) is 7.16. The van der Waals surface area contributed by atoms with Crippen molar-refractivity contribution in [2.24, 2.45) is 5.41 Å². The molecular formula is C32H25N. The maximum Gasteiger partial charge on any atom is 0.0793 e. The molecule has 0 aliphatic heterocycles. The average Bonchev–Trinajstić information content (AvgIpc) is 2.82. The Morgan fingerprint density at radius 3 is 1.97 bits per heavy atom. The Morgan fingerprint density at radius 1 is 0.576 bits per heavy atom. The van der Waals surface area contributed by atoms with Crippen LogP contribution in [0, 0.1) is 5.41 Å². The third kappa shape index (κ3) is 2.57. The Labute approximate surface area is 193 Å². The molecule has 1 heterocycles. The standard InChI is InChI=1S/C32H25N/c1-32(2,3)18-27-20-10-5-4-9-19(20)17-26-28(27)25-14-8-13-23-21-11-6-7-12-22(21)24-15-16-33-31(26)30(24)29(23)25/h4-17H,18H2,1-3H3. The Bertz CT molecular complexity index is 1870. The van der Waals surface area contributed by atoms with Gasteiger partial charge in [-0.05, 0) is 72.6 Å².